The summed E-state index contributed by atoms with van der Waals surface area (Å²) in [7, 11) is 1.61. The Balaban J connectivity index is 0.00000334. The lowest BCUT2D eigenvalue weighted by Gasteiger charge is -2.47. The molecule has 2 unspecified atom stereocenters. The van der Waals surface area contributed by atoms with Gasteiger partial charge in [-0.1, -0.05) is 39.3 Å². The third-order valence-electron chi connectivity index (χ3n) is 6.14. The predicted molar refractivity (Wildman–Crippen MR) is 146 cm³/mol. The molecule has 0 N–H and O–H groups in total. The van der Waals surface area contributed by atoms with Crippen LogP contribution in [0.5, 0.6) is 0 Å². The fraction of sp³-hybridized carbons (Fsp3) is 0.667. The van der Waals surface area contributed by atoms with E-state index in [1.807, 2.05) is 51.3 Å². The van der Waals surface area contributed by atoms with E-state index in [4.69, 9.17) is 16.3 Å². The van der Waals surface area contributed by atoms with Crippen molar-refractivity contribution >= 4 is 29.9 Å². The number of alkyl halides is 3. The molecule has 0 saturated carbocycles. The van der Waals surface area contributed by atoms with E-state index in [0.29, 0.717) is 24.4 Å². The molecule has 1 aromatic rings. The molecule has 2 rings (SSSR count). The van der Waals surface area contributed by atoms with Crippen molar-refractivity contribution in [1.29, 1.82) is 0 Å². The van der Waals surface area contributed by atoms with Gasteiger partial charge in [0.2, 0.25) is 5.96 Å². The van der Waals surface area contributed by atoms with E-state index in [-0.39, 0.29) is 41.9 Å². The van der Waals surface area contributed by atoms with Crippen molar-refractivity contribution in [3.05, 3.63) is 34.3 Å². The molecule has 1 aliphatic heterocycles. The Hall–Kier alpha value is -2.29. The van der Waals surface area contributed by atoms with Crippen molar-refractivity contribution in [2.45, 2.75) is 111 Å². The van der Waals surface area contributed by atoms with Gasteiger partial charge in [-0.3, -0.25) is 4.99 Å². The molecule has 1 heterocycles. The van der Waals surface area contributed by atoms with Gasteiger partial charge in [0.25, 0.3) is 0 Å². The quantitative estimate of drug-likeness (QED) is 0.270. The van der Waals surface area contributed by atoms with Crippen molar-refractivity contribution in [2.75, 3.05) is 7.05 Å². The molecule has 1 fully saturated rings. The van der Waals surface area contributed by atoms with Crippen molar-refractivity contribution in [2.24, 2.45) is 9.98 Å². The van der Waals surface area contributed by atoms with Crippen LogP contribution >= 0.6 is 11.6 Å². The van der Waals surface area contributed by atoms with E-state index in [2.05, 4.69) is 9.98 Å². The van der Waals surface area contributed by atoms with Crippen LogP contribution in [0.1, 0.15) is 85.3 Å². The SMILES string of the molecule is C/C=N\C(=NC)N(Cc1cc(Cl)cc(C(F)(F)F)c1)C1CC(CC)N(C(=O)OC(C)C)[C@@H](CC)C1.CC. The highest BCUT2D eigenvalue weighted by Crippen LogP contribution is 2.35. The van der Waals surface area contributed by atoms with Gasteiger partial charge in [0, 0.05) is 43.0 Å². The molecule has 10 heteroatoms. The van der Waals surface area contributed by atoms with Gasteiger partial charge in [-0.2, -0.15) is 13.2 Å². The zero-order valence-electron chi connectivity index (χ0n) is 23.3. The highest BCUT2D eigenvalue weighted by molar-refractivity contribution is 6.30. The van der Waals surface area contributed by atoms with Crippen LogP contribution < -0.4 is 0 Å². The van der Waals surface area contributed by atoms with Crippen molar-refractivity contribution < 1.29 is 22.7 Å². The van der Waals surface area contributed by atoms with Crippen molar-refractivity contribution in [3.63, 3.8) is 0 Å². The Morgan fingerprint density at radius 3 is 2.19 bits per heavy atom. The minimum atomic E-state index is -4.50. The molecule has 0 aromatic heterocycles. The lowest BCUT2D eigenvalue weighted by Crippen LogP contribution is -2.57. The fourth-order valence-electron chi connectivity index (χ4n) is 4.63. The number of carbonyl (C=O) groups is 1. The molecular weight excluding hydrogens is 505 g/mol. The first-order valence-corrected chi connectivity index (χ1v) is 13.4. The van der Waals surface area contributed by atoms with Crippen LogP contribution in [-0.4, -0.2) is 59.3 Å². The number of piperidine rings is 1. The molecule has 210 valence electrons. The lowest BCUT2D eigenvalue weighted by atomic mass is 9.87. The topological polar surface area (TPSA) is 57.5 Å². The molecule has 1 amide bonds. The number of ether oxygens (including phenoxy) is 1. The fourth-order valence-corrected chi connectivity index (χ4v) is 4.89. The van der Waals surface area contributed by atoms with Gasteiger partial charge in [-0.25, -0.2) is 9.79 Å². The second kappa shape index (κ2) is 15.2. The first kappa shape index (κ1) is 32.7. The summed E-state index contributed by atoms with van der Waals surface area (Å²) in [5, 5.41) is 0.0212. The molecule has 3 atom stereocenters. The summed E-state index contributed by atoms with van der Waals surface area (Å²) in [5.41, 5.74) is -0.377. The monoisotopic (exact) mass is 546 g/mol. The molecule has 37 heavy (non-hydrogen) atoms. The summed E-state index contributed by atoms with van der Waals surface area (Å²) in [4.78, 5) is 25.4. The van der Waals surface area contributed by atoms with Gasteiger partial charge in [-0.15, -0.1) is 0 Å². The summed E-state index contributed by atoms with van der Waals surface area (Å²) in [6.07, 6.45) is -0.775. The molecule has 1 saturated heterocycles. The predicted octanol–water partition coefficient (Wildman–Crippen LogP) is 7.83. The molecule has 0 radical (unpaired) electrons. The largest absolute Gasteiger partial charge is 0.447 e. The highest BCUT2D eigenvalue weighted by atomic mass is 35.5. The summed E-state index contributed by atoms with van der Waals surface area (Å²) in [6, 6.07) is 3.32. The minimum absolute atomic E-state index is 0.0212. The zero-order valence-corrected chi connectivity index (χ0v) is 24.0. The maximum Gasteiger partial charge on any atom is 0.416 e. The maximum absolute atomic E-state index is 13.4. The van der Waals surface area contributed by atoms with Crippen LogP contribution in [0.4, 0.5) is 18.0 Å². The summed E-state index contributed by atoms with van der Waals surface area (Å²) < 4.78 is 45.8. The molecule has 0 spiro atoms. The number of likely N-dealkylation sites (tertiary alicyclic amines) is 1. The number of hydrogen-bond acceptors (Lipinski definition) is 3. The Morgan fingerprint density at radius 1 is 1.19 bits per heavy atom. The number of hydrogen-bond donors (Lipinski definition) is 0. The molecule has 0 bridgehead atoms. The Morgan fingerprint density at radius 2 is 1.76 bits per heavy atom. The summed E-state index contributed by atoms with van der Waals surface area (Å²) >= 11 is 6.05. The second-order valence-corrected chi connectivity index (χ2v) is 9.41. The number of aliphatic imine (C=N–C) groups is 2. The van der Waals surface area contributed by atoms with E-state index in [0.717, 1.165) is 25.0 Å². The Labute approximate surface area is 224 Å². The maximum atomic E-state index is 13.4. The number of guanidine groups is 1. The number of rotatable bonds is 6. The van der Waals surface area contributed by atoms with E-state index in [9.17, 15) is 18.0 Å². The first-order chi connectivity index (χ1) is 17.4. The number of carbonyl (C=O) groups excluding carboxylic acids is 1. The lowest BCUT2D eigenvalue weighted by molar-refractivity contribution is -0.137. The average molecular weight is 547 g/mol. The van der Waals surface area contributed by atoms with Crippen LogP contribution in [0.25, 0.3) is 0 Å². The highest BCUT2D eigenvalue weighted by Gasteiger charge is 2.41. The Kier molecular flexibility index (Phi) is 13.5. The third kappa shape index (κ3) is 9.20. The number of amides is 1. The van der Waals surface area contributed by atoms with Gasteiger partial charge in [-0.05, 0) is 70.2 Å². The number of nitrogens with zero attached hydrogens (tertiary/aromatic N) is 4. The van der Waals surface area contributed by atoms with Gasteiger partial charge >= 0.3 is 12.3 Å². The van der Waals surface area contributed by atoms with Gasteiger partial charge in [0.05, 0.1) is 11.7 Å². The molecular formula is C27H42ClF3N4O2. The number of benzene rings is 1. The second-order valence-electron chi connectivity index (χ2n) is 8.97. The van der Waals surface area contributed by atoms with E-state index >= 15 is 0 Å². The van der Waals surface area contributed by atoms with Gasteiger partial charge in [0.15, 0.2) is 0 Å². The van der Waals surface area contributed by atoms with Crippen molar-refractivity contribution in [3.8, 4) is 0 Å². The van der Waals surface area contributed by atoms with E-state index in [1.54, 1.807) is 20.2 Å². The molecule has 1 aliphatic rings. The molecule has 0 aliphatic carbocycles. The normalized spacial score (nSPS) is 20.6. The molecule has 6 nitrogen and oxygen atoms in total. The molecule has 1 aromatic carbocycles. The third-order valence-corrected chi connectivity index (χ3v) is 6.36. The van der Waals surface area contributed by atoms with Crippen LogP contribution in [0, 0.1) is 0 Å². The Bertz CT molecular complexity index is 907. The van der Waals surface area contributed by atoms with Crippen molar-refractivity contribution in [1.82, 2.24) is 9.80 Å². The van der Waals surface area contributed by atoms with Crippen LogP contribution in [-0.2, 0) is 17.5 Å². The number of halogens is 4. The van der Waals surface area contributed by atoms with E-state index in [1.165, 1.54) is 6.07 Å². The van der Waals surface area contributed by atoms with Gasteiger partial charge < -0.3 is 14.5 Å². The van der Waals surface area contributed by atoms with Crippen LogP contribution in [0.3, 0.4) is 0 Å². The summed E-state index contributed by atoms with van der Waals surface area (Å²) in [6.45, 7) is 13.6. The van der Waals surface area contributed by atoms with Crippen LogP contribution in [0.15, 0.2) is 28.2 Å². The first-order valence-electron chi connectivity index (χ1n) is 13.0. The van der Waals surface area contributed by atoms with Gasteiger partial charge in [0.1, 0.15) is 0 Å². The van der Waals surface area contributed by atoms with Crippen LogP contribution in [0.2, 0.25) is 5.02 Å². The average Bonchev–Trinajstić information content (AvgIpc) is 2.85. The minimum Gasteiger partial charge on any atom is -0.447 e. The standard InChI is InChI=1S/C25H36ClF3N4O2.C2H6/c1-7-20-13-22(14-21(8-2)33(20)24(34)35-16(4)5)32(23(30-6)31-9-3)15-17-10-18(25(27,28)29)12-19(26)11-17;1-2/h9-12,16,20-22H,7-8,13-15H2,1-6H3;1-2H3/b30-23?,31-9-;/t20-,21?,22?;/m0./s1. The smallest absolute Gasteiger partial charge is 0.416 e. The van der Waals surface area contributed by atoms with E-state index < -0.39 is 11.7 Å². The summed E-state index contributed by atoms with van der Waals surface area (Å²) in [5.74, 6) is 0.425. The zero-order chi connectivity index (χ0) is 28.3.